The Morgan fingerprint density at radius 2 is 2.06 bits per heavy atom. The number of para-hydroxylation sites is 1. The summed E-state index contributed by atoms with van der Waals surface area (Å²) in [6.45, 7) is 5.59. The first-order valence-corrected chi connectivity index (χ1v) is 6.20. The molecule has 0 fully saturated rings. The molecule has 1 aromatic rings. The van der Waals surface area contributed by atoms with E-state index in [1.807, 2.05) is 31.2 Å². The molecule has 2 unspecified atom stereocenters. The predicted octanol–water partition coefficient (Wildman–Crippen LogP) is 1.61. The lowest BCUT2D eigenvalue weighted by Crippen LogP contribution is -2.51. The molecule has 0 heterocycles. The SMILES string of the molecule is CCc1ccccc1OC(C)CC(C)(N)C(N)=O. The van der Waals surface area contributed by atoms with Crippen molar-refractivity contribution in [1.82, 2.24) is 0 Å². The normalized spacial score (nSPS) is 15.8. The summed E-state index contributed by atoms with van der Waals surface area (Å²) in [5.41, 5.74) is 11.2. The third-order valence-electron chi connectivity index (χ3n) is 2.96. The van der Waals surface area contributed by atoms with Gasteiger partial charge >= 0.3 is 0 Å². The first-order valence-electron chi connectivity index (χ1n) is 6.20. The number of benzene rings is 1. The second kappa shape index (κ2) is 5.87. The number of nitrogens with two attached hydrogens (primary N) is 2. The van der Waals surface area contributed by atoms with E-state index in [-0.39, 0.29) is 6.10 Å². The summed E-state index contributed by atoms with van der Waals surface area (Å²) < 4.78 is 5.83. The molecule has 0 bridgehead atoms. The summed E-state index contributed by atoms with van der Waals surface area (Å²) in [6.07, 6.45) is 1.12. The Morgan fingerprint density at radius 1 is 1.44 bits per heavy atom. The van der Waals surface area contributed by atoms with Gasteiger partial charge < -0.3 is 16.2 Å². The molecular weight excluding hydrogens is 228 g/mol. The zero-order valence-corrected chi connectivity index (χ0v) is 11.3. The second-order valence-electron chi connectivity index (χ2n) is 4.88. The van der Waals surface area contributed by atoms with Gasteiger partial charge in [-0.3, -0.25) is 4.79 Å². The Hall–Kier alpha value is -1.55. The molecule has 4 nitrogen and oxygen atoms in total. The summed E-state index contributed by atoms with van der Waals surface area (Å²) in [6, 6.07) is 7.86. The lowest BCUT2D eigenvalue weighted by molar-refractivity contribution is -0.123. The summed E-state index contributed by atoms with van der Waals surface area (Å²) in [4.78, 5) is 11.2. The van der Waals surface area contributed by atoms with E-state index in [9.17, 15) is 4.79 Å². The van der Waals surface area contributed by atoms with Crippen molar-refractivity contribution in [1.29, 1.82) is 0 Å². The minimum absolute atomic E-state index is 0.166. The first kappa shape index (κ1) is 14.5. The van der Waals surface area contributed by atoms with Crippen LogP contribution in [0.3, 0.4) is 0 Å². The van der Waals surface area contributed by atoms with Crippen molar-refractivity contribution in [3.05, 3.63) is 29.8 Å². The fourth-order valence-corrected chi connectivity index (χ4v) is 1.87. The number of primary amides is 1. The van der Waals surface area contributed by atoms with Crippen LogP contribution in [-0.2, 0) is 11.2 Å². The monoisotopic (exact) mass is 250 g/mol. The van der Waals surface area contributed by atoms with Crippen molar-refractivity contribution < 1.29 is 9.53 Å². The van der Waals surface area contributed by atoms with E-state index < -0.39 is 11.4 Å². The van der Waals surface area contributed by atoms with E-state index >= 15 is 0 Å². The van der Waals surface area contributed by atoms with Crippen LogP contribution < -0.4 is 16.2 Å². The highest BCUT2D eigenvalue weighted by molar-refractivity contribution is 5.83. The summed E-state index contributed by atoms with van der Waals surface area (Å²) in [5, 5.41) is 0. The van der Waals surface area contributed by atoms with Gasteiger partial charge in [-0.1, -0.05) is 25.1 Å². The highest BCUT2D eigenvalue weighted by Crippen LogP contribution is 2.22. The standard InChI is InChI=1S/C14H22N2O2/c1-4-11-7-5-6-8-12(11)18-10(2)9-14(3,16)13(15)17/h5-8,10H,4,9,16H2,1-3H3,(H2,15,17). The Balaban J connectivity index is 2.70. The molecule has 4 heteroatoms. The zero-order valence-electron chi connectivity index (χ0n) is 11.3. The van der Waals surface area contributed by atoms with Crippen molar-refractivity contribution in [2.24, 2.45) is 11.5 Å². The van der Waals surface area contributed by atoms with Crippen molar-refractivity contribution in [2.45, 2.75) is 45.3 Å². The maximum atomic E-state index is 11.2. The number of rotatable bonds is 6. The van der Waals surface area contributed by atoms with Crippen molar-refractivity contribution >= 4 is 5.91 Å². The molecule has 0 radical (unpaired) electrons. The smallest absolute Gasteiger partial charge is 0.237 e. The lowest BCUT2D eigenvalue weighted by Gasteiger charge is -2.25. The van der Waals surface area contributed by atoms with Gasteiger partial charge in [0.25, 0.3) is 0 Å². The topological polar surface area (TPSA) is 78.3 Å². The fraction of sp³-hybridized carbons (Fsp3) is 0.500. The van der Waals surface area contributed by atoms with Gasteiger partial charge in [-0.25, -0.2) is 0 Å². The van der Waals surface area contributed by atoms with Crippen LogP contribution in [0.2, 0.25) is 0 Å². The quantitative estimate of drug-likeness (QED) is 0.805. The Bertz CT molecular complexity index is 416. The molecule has 0 aliphatic carbocycles. The zero-order chi connectivity index (χ0) is 13.8. The van der Waals surface area contributed by atoms with Gasteiger partial charge in [0, 0.05) is 6.42 Å². The molecule has 0 saturated carbocycles. The molecular formula is C14H22N2O2. The van der Waals surface area contributed by atoms with Crippen LogP contribution in [-0.4, -0.2) is 17.6 Å². The third-order valence-corrected chi connectivity index (χ3v) is 2.96. The molecule has 1 aromatic carbocycles. The summed E-state index contributed by atoms with van der Waals surface area (Å²) in [7, 11) is 0. The largest absolute Gasteiger partial charge is 0.490 e. The molecule has 18 heavy (non-hydrogen) atoms. The van der Waals surface area contributed by atoms with Gasteiger partial charge in [0.2, 0.25) is 5.91 Å². The number of carbonyl (C=O) groups is 1. The van der Waals surface area contributed by atoms with Crippen LogP contribution in [0, 0.1) is 0 Å². The molecule has 4 N–H and O–H groups in total. The Morgan fingerprint density at radius 3 is 2.61 bits per heavy atom. The van der Waals surface area contributed by atoms with Crippen LogP contribution in [0.1, 0.15) is 32.8 Å². The predicted molar refractivity (Wildman–Crippen MR) is 72.3 cm³/mol. The molecule has 100 valence electrons. The Kier molecular flexibility index (Phi) is 4.73. The molecule has 0 aliphatic heterocycles. The van der Waals surface area contributed by atoms with E-state index in [0.29, 0.717) is 6.42 Å². The van der Waals surface area contributed by atoms with Gasteiger partial charge in [0.15, 0.2) is 0 Å². The van der Waals surface area contributed by atoms with E-state index in [0.717, 1.165) is 17.7 Å². The second-order valence-corrected chi connectivity index (χ2v) is 4.88. The third kappa shape index (κ3) is 3.74. The fourth-order valence-electron chi connectivity index (χ4n) is 1.87. The molecule has 2 atom stereocenters. The molecule has 1 amide bonds. The number of hydrogen-bond acceptors (Lipinski definition) is 3. The van der Waals surface area contributed by atoms with Crippen LogP contribution in [0.5, 0.6) is 5.75 Å². The molecule has 0 aliphatic rings. The van der Waals surface area contributed by atoms with Gasteiger partial charge in [-0.15, -0.1) is 0 Å². The first-order chi connectivity index (χ1) is 8.36. The average molecular weight is 250 g/mol. The summed E-state index contributed by atoms with van der Waals surface area (Å²) >= 11 is 0. The molecule has 0 spiro atoms. The van der Waals surface area contributed by atoms with Crippen molar-refractivity contribution in [3.8, 4) is 5.75 Å². The maximum Gasteiger partial charge on any atom is 0.237 e. The van der Waals surface area contributed by atoms with Crippen LogP contribution in [0.4, 0.5) is 0 Å². The van der Waals surface area contributed by atoms with Gasteiger partial charge in [-0.2, -0.15) is 0 Å². The number of aryl methyl sites for hydroxylation is 1. The summed E-state index contributed by atoms with van der Waals surface area (Å²) in [5.74, 6) is 0.328. The van der Waals surface area contributed by atoms with Crippen LogP contribution in [0.25, 0.3) is 0 Å². The highest BCUT2D eigenvalue weighted by Gasteiger charge is 2.28. The number of carbonyl (C=O) groups excluding carboxylic acids is 1. The minimum atomic E-state index is -1.04. The van der Waals surface area contributed by atoms with Crippen LogP contribution >= 0.6 is 0 Å². The van der Waals surface area contributed by atoms with Crippen molar-refractivity contribution in [2.75, 3.05) is 0 Å². The highest BCUT2D eigenvalue weighted by atomic mass is 16.5. The van der Waals surface area contributed by atoms with Crippen LogP contribution in [0.15, 0.2) is 24.3 Å². The molecule has 0 aromatic heterocycles. The molecule has 0 saturated heterocycles. The number of ether oxygens (including phenoxy) is 1. The van der Waals surface area contributed by atoms with Gasteiger partial charge in [0.1, 0.15) is 5.75 Å². The Labute approximate surface area is 108 Å². The van der Waals surface area contributed by atoms with E-state index in [4.69, 9.17) is 16.2 Å². The number of hydrogen-bond donors (Lipinski definition) is 2. The van der Waals surface area contributed by atoms with Crippen molar-refractivity contribution in [3.63, 3.8) is 0 Å². The number of amides is 1. The average Bonchev–Trinajstić information content (AvgIpc) is 2.28. The van der Waals surface area contributed by atoms with E-state index in [1.54, 1.807) is 6.92 Å². The van der Waals surface area contributed by atoms with Gasteiger partial charge in [-0.05, 0) is 31.9 Å². The van der Waals surface area contributed by atoms with Gasteiger partial charge in [0.05, 0.1) is 11.6 Å². The minimum Gasteiger partial charge on any atom is -0.490 e. The lowest BCUT2D eigenvalue weighted by atomic mass is 9.95. The molecule has 1 rings (SSSR count). The maximum absolute atomic E-state index is 11.2. The van der Waals surface area contributed by atoms with E-state index in [2.05, 4.69) is 6.92 Å². The van der Waals surface area contributed by atoms with E-state index in [1.165, 1.54) is 0 Å².